The highest BCUT2D eigenvalue weighted by Gasteiger charge is 2.43. The van der Waals surface area contributed by atoms with Crippen LogP contribution in [0.5, 0.6) is 0 Å². The van der Waals surface area contributed by atoms with Gasteiger partial charge in [-0.05, 0) is 0 Å². The predicted octanol–water partition coefficient (Wildman–Crippen LogP) is 0.281. The number of halogens is 3. The van der Waals surface area contributed by atoms with E-state index in [1.54, 1.807) is 0 Å². The summed E-state index contributed by atoms with van der Waals surface area (Å²) in [4.78, 5) is 21.1. The highest BCUT2D eigenvalue weighted by atomic mass is 32.2. The molecule has 1 fully saturated rings. The van der Waals surface area contributed by atoms with Crippen molar-refractivity contribution in [3.8, 4) is 0 Å². The first-order valence-corrected chi connectivity index (χ1v) is 4.70. The zero-order chi connectivity index (χ0) is 10.8. The van der Waals surface area contributed by atoms with Crippen LogP contribution in [0.3, 0.4) is 0 Å². The Balaban J connectivity index is 2.44. The molecule has 14 heavy (non-hydrogen) atoms. The number of nitrogens with one attached hydrogen (secondary N) is 1. The molecule has 1 aliphatic rings. The minimum absolute atomic E-state index is 0.309. The molecule has 0 spiro atoms. The van der Waals surface area contributed by atoms with E-state index in [0.717, 1.165) is 0 Å². The molecule has 0 radical (unpaired) electrons. The molecule has 0 aromatic rings. The minimum Gasteiger partial charge on any atom is -0.385 e. The van der Waals surface area contributed by atoms with Gasteiger partial charge in [0.25, 0.3) is 0 Å². The Hall–Kier alpha value is -0.760. The molecule has 80 valence electrons. The van der Waals surface area contributed by atoms with E-state index in [9.17, 15) is 22.8 Å². The van der Waals surface area contributed by atoms with Crippen molar-refractivity contribution >= 4 is 23.7 Å². The van der Waals surface area contributed by atoms with Crippen molar-refractivity contribution in [1.82, 2.24) is 5.32 Å². The summed E-state index contributed by atoms with van der Waals surface area (Å²) in [5, 5.41) is 2.58. The van der Waals surface area contributed by atoms with Crippen LogP contribution in [0.1, 0.15) is 0 Å². The van der Waals surface area contributed by atoms with Crippen molar-refractivity contribution in [3.05, 3.63) is 0 Å². The van der Waals surface area contributed by atoms with Gasteiger partial charge in [0.15, 0.2) is 0 Å². The van der Waals surface area contributed by atoms with E-state index in [0.29, 0.717) is 11.6 Å². The maximum Gasteiger partial charge on any atom is 0.491 e. The third-order valence-electron chi connectivity index (χ3n) is 1.43. The van der Waals surface area contributed by atoms with Crippen molar-refractivity contribution in [2.45, 2.75) is 12.2 Å². The van der Waals surface area contributed by atoms with Gasteiger partial charge in [-0.1, -0.05) is 0 Å². The number of ether oxygens (including phenoxy) is 1. The number of alkyl halides is 3. The normalized spacial score (nSPS) is 22.1. The Labute approximate surface area is 81.2 Å². The highest BCUT2D eigenvalue weighted by Crippen LogP contribution is 2.18. The van der Waals surface area contributed by atoms with Gasteiger partial charge in [-0.15, -0.1) is 11.8 Å². The Morgan fingerprint density at radius 1 is 1.43 bits per heavy atom. The van der Waals surface area contributed by atoms with Crippen molar-refractivity contribution < 1.29 is 27.5 Å². The number of hydrogen-bond acceptors (Lipinski definition) is 5. The molecule has 1 unspecified atom stereocenters. The number of carbonyl (C=O) groups is 2. The van der Waals surface area contributed by atoms with Crippen molar-refractivity contribution in [1.29, 1.82) is 0 Å². The van der Waals surface area contributed by atoms with Crippen LogP contribution >= 0.6 is 11.8 Å². The summed E-state index contributed by atoms with van der Waals surface area (Å²) >= 11 is 1.34. The first kappa shape index (κ1) is 11.3. The van der Waals surface area contributed by atoms with Gasteiger partial charge < -0.3 is 4.74 Å². The van der Waals surface area contributed by atoms with E-state index < -0.39 is 24.2 Å². The SMILES string of the molecule is O=C(OC(=O)C(F)(F)F)C1CSCN1. The van der Waals surface area contributed by atoms with Crippen LogP contribution in [0.15, 0.2) is 0 Å². The lowest BCUT2D eigenvalue weighted by Crippen LogP contribution is -2.38. The summed E-state index contributed by atoms with van der Waals surface area (Å²) in [6.45, 7) is 0. The monoisotopic (exact) mass is 229 g/mol. The van der Waals surface area contributed by atoms with Crippen LogP contribution in [0.4, 0.5) is 13.2 Å². The summed E-state index contributed by atoms with van der Waals surface area (Å²) in [6.07, 6.45) is -5.12. The Morgan fingerprint density at radius 3 is 2.50 bits per heavy atom. The average molecular weight is 229 g/mol. The molecule has 0 aromatic carbocycles. The van der Waals surface area contributed by atoms with Crippen LogP contribution in [0, 0.1) is 0 Å². The molecule has 4 nitrogen and oxygen atoms in total. The Morgan fingerprint density at radius 2 is 2.07 bits per heavy atom. The molecule has 1 heterocycles. The van der Waals surface area contributed by atoms with Gasteiger partial charge in [-0.3, -0.25) is 5.32 Å². The van der Waals surface area contributed by atoms with Gasteiger partial charge in [0.05, 0.1) is 0 Å². The number of rotatable bonds is 1. The second-order valence-corrected chi connectivity index (χ2v) is 3.51. The molecule has 0 aliphatic carbocycles. The number of thioether (sulfide) groups is 1. The first-order chi connectivity index (χ1) is 6.41. The number of carbonyl (C=O) groups excluding carboxylic acids is 2. The van der Waals surface area contributed by atoms with E-state index >= 15 is 0 Å². The first-order valence-electron chi connectivity index (χ1n) is 3.55. The molecule has 1 rings (SSSR count). The molecule has 1 saturated heterocycles. The third-order valence-corrected chi connectivity index (χ3v) is 2.37. The Kier molecular flexibility index (Phi) is 3.38. The smallest absolute Gasteiger partial charge is 0.385 e. The van der Waals surface area contributed by atoms with Crippen LogP contribution < -0.4 is 5.32 Å². The lowest BCUT2D eigenvalue weighted by Gasteiger charge is -2.09. The van der Waals surface area contributed by atoms with E-state index in [1.807, 2.05) is 0 Å². The predicted molar refractivity (Wildman–Crippen MR) is 41.4 cm³/mol. The zero-order valence-electron chi connectivity index (χ0n) is 6.76. The fourth-order valence-corrected chi connectivity index (χ4v) is 1.69. The molecule has 1 aliphatic heterocycles. The molecular weight excluding hydrogens is 223 g/mol. The zero-order valence-corrected chi connectivity index (χ0v) is 7.57. The number of hydrogen-bond donors (Lipinski definition) is 1. The largest absolute Gasteiger partial charge is 0.491 e. The summed E-state index contributed by atoms with van der Waals surface area (Å²) < 4.78 is 38.6. The molecule has 8 heteroatoms. The van der Waals surface area contributed by atoms with E-state index in [4.69, 9.17) is 0 Å². The van der Waals surface area contributed by atoms with E-state index in [2.05, 4.69) is 10.1 Å². The Bertz CT molecular complexity index is 249. The fraction of sp³-hybridized carbons (Fsp3) is 0.667. The molecule has 1 N–H and O–H groups in total. The fourth-order valence-electron chi connectivity index (χ4n) is 0.767. The standard InChI is InChI=1S/C6H6F3NO3S/c7-6(8,9)5(12)13-4(11)3-1-14-2-10-3/h3,10H,1-2H2. The van der Waals surface area contributed by atoms with Crippen molar-refractivity contribution in [2.75, 3.05) is 11.6 Å². The van der Waals surface area contributed by atoms with E-state index in [-0.39, 0.29) is 0 Å². The molecular formula is C6H6F3NO3S. The number of esters is 2. The van der Waals surface area contributed by atoms with E-state index in [1.165, 1.54) is 11.8 Å². The van der Waals surface area contributed by atoms with Crippen molar-refractivity contribution in [3.63, 3.8) is 0 Å². The van der Waals surface area contributed by atoms with Crippen LogP contribution in [-0.4, -0.2) is 35.8 Å². The van der Waals surface area contributed by atoms with Gasteiger partial charge in [-0.2, -0.15) is 13.2 Å². The third kappa shape index (κ3) is 2.88. The second kappa shape index (κ2) is 4.18. The quantitative estimate of drug-likeness (QED) is 0.517. The van der Waals surface area contributed by atoms with Gasteiger partial charge in [0.2, 0.25) is 0 Å². The molecule has 0 aromatic heterocycles. The minimum atomic E-state index is -5.12. The van der Waals surface area contributed by atoms with Crippen LogP contribution in [0.2, 0.25) is 0 Å². The van der Waals surface area contributed by atoms with Crippen LogP contribution in [-0.2, 0) is 14.3 Å². The van der Waals surface area contributed by atoms with Gasteiger partial charge in [0.1, 0.15) is 6.04 Å². The van der Waals surface area contributed by atoms with Gasteiger partial charge in [0, 0.05) is 11.6 Å². The van der Waals surface area contributed by atoms with Gasteiger partial charge in [-0.25, -0.2) is 9.59 Å². The summed E-state index contributed by atoms with van der Waals surface area (Å²) in [6, 6.07) is -0.827. The summed E-state index contributed by atoms with van der Waals surface area (Å²) in [5.74, 6) is -2.89. The maximum absolute atomic E-state index is 11.6. The highest BCUT2D eigenvalue weighted by molar-refractivity contribution is 7.99. The maximum atomic E-state index is 11.6. The topological polar surface area (TPSA) is 55.4 Å². The van der Waals surface area contributed by atoms with Crippen molar-refractivity contribution in [2.24, 2.45) is 0 Å². The summed E-state index contributed by atoms with van der Waals surface area (Å²) in [7, 11) is 0. The lowest BCUT2D eigenvalue weighted by molar-refractivity contribution is -0.202. The molecule has 1 atom stereocenters. The average Bonchev–Trinajstić information content (AvgIpc) is 2.53. The van der Waals surface area contributed by atoms with Gasteiger partial charge >= 0.3 is 18.1 Å². The lowest BCUT2D eigenvalue weighted by atomic mass is 10.3. The second-order valence-electron chi connectivity index (χ2n) is 2.48. The summed E-state index contributed by atoms with van der Waals surface area (Å²) in [5.41, 5.74) is 0. The molecule has 0 bridgehead atoms. The van der Waals surface area contributed by atoms with Crippen LogP contribution in [0.25, 0.3) is 0 Å². The molecule has 0 saturated carbocycles. The molecule has 0 amide bonds.